The molecule has 4 heteroatoms. The molecule has 1 aliphatic heterocycles. The number of hydrogen-bond acceptors (Lipinski definition) is 3. The van der Waals surface area contributed by atoms with Crippen molar-refractivity contribution in [1.82, 2.24) is 4.90 Å². The van der Waals surface area contributed by atoms with Crippen molar-refractivity contribution in [3.05, 3.63) is 29.8 Å². The zero-order chi connectivity index (χ0) is 14.5. The van der Waals surface area contributed by atoms with E-state index in [2.05, 4.69) is 0 Å². The molecule has 1 aromatic carbocycles. The van der Waals surface area contributed by atoms with Gasteiger partial charge in [-0.2, -0.15) is 0 Å². The van der Waals surface area contributed by atoms with E-state index in [-0.39, 0.29) is 5.91 Å². The maximum atomic E-state index is 12.5. The largest absolute Gasteiger partial charge is 0.384 e. The van der Waals surface area contributed by atoms with Gasteiger partial charge >= 0.3 is 0 Å². The molecular formula is C16H24N2O2. The summed E-state index contributed by atoms with van der Waals surface area (Å²) in [6.07, 6.45) is 2.22. The molecule has 1 amide bonds. The topological polar surface area (TPSA) is 32.8 Å². The van der Waals surface area contributed by atoms with Crippen molar-refractivity contribution >= 4 is 11.6 Å². The fourth-order valence-electron chi connectivity index (χ4n) is 2.71. The maximum Gasteiger partial charge on any atom is 0.253 e. The van der Waals surface area contributed by atoms with E-state index in [1.165, 1.54) is 0 Å². The first-order valence-electron chi connectivity index (χ1n) is 7.17. The minimum atomic E-state index is 0.135. The lowest BCUT2D eigenvalue weighted by atomic mass is 9.98. The maximum absolute atomic E-state index is 12.5. The molecule has 1 heterocycles. The summed E-state index contributed by atoms with van der Waals surface area (Å²) in [5.41, 5.74) is 1.88. The average molecular weight is 276 g/mol. The zero-order valence-corrected chi connectivity index (χ0v) is 12.6. The molecule has 20 heavy (non-hydrogen) atoms. The molecule has 2 rings (SSSR count). The number of ether oxygens (including phenoxy) is 1. The van der Waals surface area contributed by atoms with E-state index < -0.39 is 0 Å². The van der Waals surface area contributed by atoms with Crippen molar-refractivity contribution in [2.24, 2.45) is 5.92 Å². The molecule has 4 nitrogen and oxygen atoms in total. The Hall–Kier alpha value is -1.55. The minimum Gasteiger partial charge on any atom is -0.384 e. The summed E-state index contributed by atoms with van der Waals surface area (Å²) in [5.74, 6) is 0.606. The molecule has 1 aromatic rings. The Morgan fingerprint density at radius 1 is 1.35 bits per heavy atom. The Balaban J connectivity index is 2.02. The van der Waals surface area contributed by atoms with Gasteiger partial charge in [0.25, 0.3) is 5.91 Å². The zero-order valence-electron chi connectivity index (χ0n) is 12.6. The predicted octanol–water partition coefficient (Wildman–Crippen LogP) is 2.25. The van der Waals surface area contributed by atoms with Crippen LogP contribution in [-0.4, -0.2) is 51.7 Å². The average Bonchev–Trinajstić information content (AvgIpc) is 2.47. The number of methoxy groups -OCH3 is 1. The Morgan fingerprint density at radius 3 is 2.65 bits per heavy atom. The van der Waals surface area contributed by atoms with Crippen LogP contribution >= 0.6 is 0 Å². The number of hydrogen-bond donors (Lipinski definition) is 0. The van der Waals surface area contributed by atoms with Crippen molar-refractivity contribution in [3.8, 4) is 0 Å². The third kappa shape index (κ3) is 3.51. The second-order valence-electron chi connectivity index (χ2n) is 5.66. The predicted molar refractivity (Wildman–Crippen MR) is 81.3 cm³/mol. The number of carbonyl (C=O) groups is 1. The van der Waals surface area contributed by atoms with Crippen LogP contribution in [0.5, 0.6) is 0 Å². The molecule has 0 saturated carbocycles. The van der Waals surface area contributed by atoms with Gasteiger partial charge in [0.15, 0.2) is 0 Å². The van der Waals surface area contributed by atoms with Gasteiger partial charge in [0.05, 0.1) is 6.61 Å². The van der Waals surface area contributed by atoms with Gasteiger partial charge in [-0.15, -0.1) is 0 Å². The lowest BCUT2D eigenvalue weighted by Crippen LogP contribution is -2.41. The van der Waals surface area contributed by atoms with Crippen molar-refractivity contribution in [2.45, 2.75) is 12.8 Å². The van der Waals surface area contributed by atoms with Crippen molar-refractivity contribution in [3.63, 3.8) is 0 Å². The van der Waals surface area contributed by atoms with E-state index in [0.29, 0.717) is 5.92 Å². The fraction of sp³-hybridized carbons (Fsp3) is 0.562. The first kappa shape index (κ1) is 14.9. The van der Waals surface area contributed by atoms with E-state index in [0.717, 1.165) is 43.8 Å². The number of amides is 1. The minimum absolute atomic E-state index is 0.135. The summed E-state index contributed by atoms with van der Waals surface area (Å²) in [4.78, 5) is 16.5. The van der Waals surface area contributed by atoms with E-state index in [1.54, 1.807) is 7.11 Å². The molecule has 0 radical (unpaired) electrons. The van der Waals surface area contributed by atoms with Crippen LogP contribution < -0.4 is 4.90 Å². The van der Waals surface area contributed by atoms with Crippen molar-refractivity contribution in [2.75, 3.05) is 45.8 Å². The summed E-state index contributed by atoms with van der Waals surface area (Å²) < 4.78 is 5.21. The van der Waals surface area contributed by atoms with Gasteiger partial charge in [0, 0.05) is 45.5 Å². The number of piperidine rings is 1. The Labute approximate surface area is 121 Å². The lowest BCUT2D eigenvalue weighted by molar-refractivity contribution is 0.0571. The van der Waals surface area contributed by atoms with E-state index in [9.17, 15) is 4.79 Å². The number of likely N-dealkylation sites (tertiary alicyclic amines) is 1. The molecule has 0 unspecified atom stereocenters. The number of benzene rings is 1. The summed E-state index contributed by atoms with van der Waals surface area (Å²) in [6, 6.07) is 7.81. The quantitative estimate of drug-likeness (QED) is 0.845. The van der Waals surface area contributed by atoms with Gasteiger partial charge in [-0.3, -0.25) is 4.79 Å². The molecule has 0 aliphatic carbocycles. The Morgan fingerprint density at radius 2 is 2.05 bits per heavy atom. The molecule has 0 aromatic heterocycles. The fourth-order valence-corrected chi connectivity index (χ4v) is 2.71. The third-order valence-electron chi connectivity index (χ3n) is 3.84. The van der Waals surface area contributed by atoms with Crippen LogP contribution in [0.1, 0.15) is 23.2 Å². The molecule has 0 spiro atoms. The normalized spacial score (nSPS) is 18.9. The van der Waals surface area contributed by atoms with Gasteiger partial charge in [-0.05, 0) is 43.0 Å². The summed E-state index contributed by atoms with van der Waals surface area (Å²) >= 11 is 0. The van der Waals surface area contributed by atoms with E-state index in [1.807, 2.05) is 48.2 Å². The van der Waals surface area contributed by atoms with Crippen molar-refractivity contribution < 1.29 is 9.53 Å². The lowest BCUT2D eigenvalue weighted by Gasteiger charge is -2.32. The smallest absolute Gasteiger partial charge is 0.253 e. The van der Waals surface area contributed by atoms with Gasteiger partial charge < -0.3 is 14.5 Å². The first-order chi connectivity index (χ1) is 9.61. The number of anilines is 1. The molecule has 110 valence electrons. The molecule has 1 atom stereocenters. The highest BCUT2D eigenvalue weighted by atomic mass is 16.5. The summed E-state index contributed by atoms with van der Waals surface area (Å²) in [5, 5.41) is 0. The molecule has 1 saturated heterocycles. The third-order valence-corrected chi connectivity index (χ3v) is 3.84. The first-order valence-corrected chi connectivity index (χ1v) is 7.17. The van der Waals surface area contributed by atoms with E-state index >= 15 is 0 Å². The van der Waals surface area contributed by atoms with Gasteiger partial charge in [0.2, 0.25) is 0 Å². The number of nitrogens with zero attached hydrogens (tertiary/aromatic N) is 2. The van der Waals surface area contributed by atoms with Crippen LogP contribution in [0, 0.1) is 5.92 Å². The van der Waals surface area contributed by atoms with Crippen LogP contribution in [0.25, 0.3) is 0 Å². The highest BCUT2D eigenvalue weighted by Gasteiger charge is 2.24. The van der Waals surface area contributed by atoms with Crippen molar-refractivity contribution in [1.29, 1.82) is 0 Å². The molecule has 1 fully saturated rings. The molecule has 0 N–H and O–H groups in total. The number of carbonyl (C=O) groups excluding carboxylic acids is 1. The van der Waals surface area contributed by atoms with Gasteiger partial charge in [-0.1, -0.05) is 0 Å². The van der Waals surface area contributed by atoms with Crippen LogP contribution in [-0.2, 0) is 4.74 Å². The monoisotopic (exact) mass is 276 g/mol. The highest BCUT2D eigenvalue weighted by Crippen LogP contribution is 2.20. The Kier molecular flexibility index (Phi) is 5.01. The van der Waals surface area contributed by atoms with Crippen LogP contribution in [0.2, 0.25) is 0 Å². The van der Waals surface area contributed by atoms with Crippen LogP contribution in [0.3, 0.4) is 0 Å². The highest BCUT2D eigenvalue weighted by molar-refractivity contribution is 5.94. The standard InChI is InChI=1S/C16H24N2O2/c1-17(2)15-8-6-14(7-9-15)16(19)18-10-4-5-13(11-18)12-20-3/h6-9,13H,4-5,10-12H2,1-3H3/t13-/m1/s1. The molecule has 0 bridgehead atoms. The summed E-state index contributed by atoms with van der Waals surface area (Å²) in [6.45, 7) is 2.40. The molecule has 1 aliphatic rings. The molecular weight excluding hydrogens is 252 g/mol. The van der Waals surface area contributed by atoms with Crippen LogP contribution in [0.15, 0.2) is 24.3 Å². The van der Waals surface area contributed by atoms with Crippen LogP contribution in [0.4, 0.5) is 5.69 Å². The Bertz CT molecular complexity index is 440. The summed E-state index contributed by atoms with van der Waals surface area (Å²) in [7, 11) is 5.72. The SMILES string of the molecule is COC[C@@H]1CCCN(C(=O)c2ccc(N(C)C)cc2)C1. The number of rotatable bonds is 4. The second kappa shape index (κ2) is 6.75. The van der Waals surface area contributed by atoms with Gasteiger partial charge in [-0.25, -0.2) is 0 Å². The van der Waals surface area contributed by atoms with E-state index in [4.69, 9.17) is 4.74 Å². The van der Waals surface area contributed by atoms with Gasteiger partial charge in [0.1, 0.15) is 0 Å². The second-order valence-corrected chi connectivity index (χ2v) is 5.66.